The lowest BCUT2D eigenvalue weighted by Crippen LogP contribution is -2.46. The van der Waals surface area contributed by atoms with E-state index in [2.05, 4.69) is 10.6 Å². The summed E-state index contributed by atoms with van der Waals surface area (Å²) in [5.41, 5.74) is 0. The summed E-state index contributed by atoms with van der Waals surface area (Å²) in [5, 5.41) is 4.81. The summed E-state index contributed by atoms with van der Waals surface area (Å²) >= 11 is 0. The highest BCUT2D eigenvalue weighted by Gasteiger charge is 2.54. The molecule has 2 aliphatic rings. The van der Waals surface area contributed by atoms with Gasteiger partial charge in [-0.2, -0.15) is 0 Å². The number of nitrogens with zero attached hydrogens (tertiary/aromatic N) is 2. The number of carbonyl (C=O) groups is 4. The van der Waals surface area contributed by atoms with E-state index in [9.17, 15) is 19.2 Å². The average Bonchev–Trinajstić information content (AvgIpc) is 2.56. The zero-order valence-corrected chi connectivity index (χ0v) is 8.68. The molecule has 2 aliphatic heterocycles. The van der Waals surface area contributed by atoms with Crippen LogP contribution in [0.15, 0.2) is 0 Å². The van der Waals surface area contributed by atoms with Gasteiger partial charge in [0.2, 0.25) is 11.8 Å². The maximum Gasteiger partial charge on any atom is 0.337 e. The number of hydrogen-bond acceptors (Lipinski definition) is 4. The lowest BCUT2D eigenvalue weighted by molar-refractivity contribution is -0.127. The summed E-state index contributed by atoms with van der Waals surface area (Å²) in [6.07, 6.45) is -1.64. The van der Waals surface area contributed by atoms with Crippen molar-refractivity contribution in [2.75, 3.05) is 0 Å². The van der Waals surface area contributed by atoms with E-state index in [1.807, 2.05) is 0 Å². The molecule has 2 heterocycles. The third kappa shape index (κ3) is 1.23. The predicted molar refractivity (Wildman–Crippen MR) is 49.7 cm³/mol. The van der Waals surface area contributed by atoms with Crippen molar-refractivity contribution in [2.45, 2.75) is 26.2 Å². The Kier molecular flexibility index (Phi) is 2.07. The Balaban J connectivity index is 2.38. The van der Waals surface area contributed by atoms with Crippen LogP contribution >= 0.6 is 0 Å². The minimum Gasteiger partial charge on any atom is -0.314 e. The van der Waals surface area contributed by atoms with Crippen LogP contribution in [0, 0.1) is 0 Å². The molecule has 86 valence electrons. The van der Waals surface area contributed by atoms with Gasteiger partial charge in [-0.15, -0.1) is 0 Å². The largest absolute Gasteiger partial charge is 0.337 e. The highest BCUT2D eigenvalue weighted by Crippen LogP contribution is 2.23. The molecule has 2 unspecified atom stereocenters. The molecule has 0 aromatic rings. The molecule has 2 atom stereocenters. The van der Waals surface area contributed by atoms with Crippen LogP contribution < -0.4 is 10.6 Å². The zero-order valence-electron chi connectivity index (χ0n) is 8.68. The molecule has 0 radical (unpaired) electrons. The average molecular weight is 226 g/mol. The molecule has 2 saturated heterocycles. The van der Waals surface area contributed by atoms with E-state index in [4.69, 9.17) is 0 Å². The first-order valence-electron chi connectivity index (χ1n) is 4.64. The maximum atomic E-state index is 11.7. The Bertz CT molecular complexity index is 373. The van der Waals surface area contributed by atoms with Crippen molar-refractivity contribution in [2.24, 2.45) is 0 Å². The van der Waals surface area contributed by atoms with E-state index in [1.165, 1.54) is 13.8 Å². The van der Waals surface area contributed by atoms with Crippen molar-refractivity contribution in [3.05, 3.63) is 0 Å². The molecule has 0 saturated carbocycles. The van der Waals surface area contributed by atoms with Gasteiger partial charge in [-0.1, -0.05) is 0 Å². The molecule has 0 spiro atoms. The molecule has 8 heteroatoms. The Morgan fingerprint density at radius 1 is 1.00 bits per heavy atom. The first-order chi connectivity index (χ1) is 7.43. The van der Waals surface area contributed by atoms with Gasteiger partial charge in [0.15, 0.2) is 12.3 Å². The molecule has 2 N–H and O–H groups in total. The highest BCUT2D eigenvalue weighted by molar-refractivity contribution is 6.05. The minimum absolute atomic E-state index is 0.514. The van der Waals surface area contributed by atoms with Crippen molar-refractivity contribution >= 4 is 23.9 Å². The van der Waals surface area contributed by atoms with Crippen LogP contribution in [0.25, 0.3) is 0 Å². The summed E-state index contributed by atoms with van der Waals surface area (Å²) in [5.74, 6) is -1.04. The lowest BCUT2D eigenvalue weighted by Gasteiger charge is -2.17. The SMILES string of the molecule is CC(=O)N1C(=O)N(C(C)=O)C2NC(=O)NC21. The summed E-state index contributed by atoms with van der Waals surface area (Å²) in [6, 6.07) is -1.23. The second-order valence-corrected chi connectivity index (χ2v) is 3.57. The standard InChI is InChI=1S/C8H10N4O4/c1-3(13)11-5-6(10-7(15)9-5)12(4(2)14)8(11)16/h5-6H,1-2H3,(H2,9,10,15). The molecular formula is C8H10N4O4. The summed E-state index contributed by atoms with van der Waals surface area (Å²) in [6.45, 7) is 2.39. The third-order valence-electron chi connectivity index (χ3n) is 2.50. The van der Waals surface area contributed by atoms with Crippen molar-refractivity contribution in [3.8, 4) is 0 Å². The summed E-state index contributed by atoms with van der Waals surface area (Å²) in [4.78, 5) is 47.0. The smallest absolute Gasteiger partial charge is 0.314 e. The highest BCUT2D eigenvalue weighted by atomic mass is 16.2. The quantitative estimate of drug-likeness (QED) is 0.541. The van der Waals surface area contributed by atoms with E-state index in [-0.39, 0.29) is 0 Å². The summed E-state index contributed by atoms with van der Waals surface area (Å²) in [7, 11) is 0. The van der Waals surface area contributed by atoms with Crippen LogP contribution in [-0.2, 0) is 9.59 Å². The molecular weight excluding hydrogens is 216 g/mol. The number of rotatable bonds is 0. The topological polar surface area (TPSA) is 98.8 Å². The molecule has 2 fully saturated rings. The molecule has 2 rings (SSSR count). The second kappa shape index (κ2) is 3.19. The second-order valence-electron chi connectivity index (χ2n) is 3.57. The molecule has 0 aromatic heterocycles. The molecule has 6 amide bonds. The van der Waals surface area contributed by atoms with E-state index >= 15 is 0 Å². The molecule has 8 nitrogen and oxygen atoms in total. The van der Waals surface area contributed by atoms with Crippen molar-refractivity contribution < 1.29 is 19.2 Å². The number of carbonyl (C=O) groups excluding carboxylic acids is 4. The van der Waals surface area contributed by atoms with E-state index in [0.29, 0.717) is 0 Å². The number of urea groups is 2. The van der Waals surface area contributed by atoms with Crippen LogP contribution in [0.1, 0.15) is 13.8 Å². The number of fused-ring (bicyclic) bond motifs is 1. The van der Waals surface area contributed by atoms with Crippen LogP contribution in [0.3, 0.4) is 0 Å². The Hall–Kier alpha value is -2.12. The monoisotopic (exact) mass is 226 g/mol. The van der Waals surface area contributed by atoms with Crippen LogP contribution in [0.2, 0.25) is 0 Å². The number of amides is 6. The molecule has 0 aliphatic carbocycles. The third-order valence-corrected chi connectivity index (χ3v) is 2.50. The van der Waals surface area contributed by atoms with E-state index < -0.39 is 36.2 Å². The van der Waals surface area contributed by atoms with Gasteiger partial charge in [0, 0.05) is 13.8 Å². The van der Waals surface area contributed by atoms with Crippen LogP contribution in [0.5, 0.6) is 0 Å². The Morgan fingerprint density at radius 3 is 1.69 bits per heavy atom. The summed E-state index contributed by atoms with van der Waals surface area (Å²) < 4.78 is 0. The van der Waals surface area contributed by atoms with Gasteiger partial charge in [0.25, 0.3) is 0 Å². The van der Waals surface area contributed by atoms with Crippen LogP contribution in [-0.4, -0.2) is 46.0 Å². The zero-order chi connectivity index (χ0) is 12.0. The minimum atomic E-state index is -0.818. The van der Waals surface area contributed by atoms with Gasteiger partial charge in [-0.05, 0) is 0 Å². The first kappa shape index (κ1) is 10.4. The van der Waals surface area contributed by atoms with Crippen LogP contribution in [0.4, 0.5) is 9.59 Å². The van der Waals surface area contributed by atoms with Crippen molar-refractivity contribution in [1.29, 1.82) is 0 Å². The predicted octanol–water partition coefficient (Wildman–Crippen LogP) is -1.22. The maximum absolute atomic E-state index is 11.7. The normalized spacial score (nSPS) is 27.6. The molecule has 0 aromatic carbocycles. The van der Waals surface area contributed by atoms with Gasteiger partial charge < -0.3 is 10.6 Å². The lowest BCUT2D eigenvalue weighted by atomic mass is 10.4. The number of imide groups is 2. The molecule has 16 heavy (non-hydrogen) atoms. The Morgan fingerprint density at radius 2 is 1.38 bits per heavy atom. The van der Waals surface area contributed by atoms with E-state index in [0.717, 1.165) is 9.80 Å². The fourth-order valence-corrected chi connectivity index (χ4v) is 1.89. The van der Waals surface area contributed by atoms with Crippen molar-refractivity contribution in [1.82, 2.24) is 20.4 Å². The van der Waals surface area contributed by atoms with Gasteiger partial charge in [-0.25, -0.2) is 19.4 Å². The molecule has 0 bridgehead atoms. The number of nitrogens with one attached hydrogen (secondary N) is 2. The number of hydrogen-bond donors (Lipinski definition) is 2. The van der Waals surface area contributed by atoms with Gasteiger partial charge >= 0.3 is 12.1 Å². The van der Waals surface area contributed by atoms with E-state index in [1.54, 1.807) is 0 Å². The van der Waals surface area contributed by atoms with Crippen molar-refractivity contribution in [3.63, 3.8) is 0 Å². The fourth-order valence-electron chi connectivity index (χ4n) is 1.89. The Labute approximate surface area is 90.5 Å². The van der Waals surface area contributed by atoms with Gasteiger partial charge in [0.05, 0.1) is 0 Å². The van der Waals surface area contributed by atoms with Gasteiger partial charge in [-0.3, -0.25) is 9.59 Å². The fraction of sp³-hybridized carbons (Fsp3) is 0.500. The first-order valence-corrected chi connectivity index (χ1v) is 4.64. The van der Waals surface area contributed by atoms with Gasteiger partial charge in [0.1, 0.15) is 0 Å².